The maximum Gasteiger partial charge on any atom is 0.221 e. The molecule has 1 amide bonds. The molecule has 22 heavy (non-hydrogen) atoms. The van der Waals surface area contributed by atoms with Crippen molar-refractivity contribution in [3.8, 4) is 0 Å². The number of ether oxygens (including phenoxy) is 2. The zero-order valence-electron chi connectivity index (χ0n) is 13.0. The van der Waals surface area contributed by atoms with Crippen LogP contribution in [-0.2, 0) is 20.7 Å². The molecule has 0 saturated heterocycles. The molecule has 1 radical (unpaired) electrons. The summed E-state index contributed by atoms with van der Waals surface area (Å²) in [6.45, 7) is 0. The minimum absolute atomic E-state index is 0.0341. The molecule has 4 nitrogen and oxygen atoms in total. The lowest BCUT2D eigenvalue weighted by Gasteiger charge is -2.21. The van der Waals surface area contributed by atoms with E-state index in [1.165, 1.54) is 16.3 Å². The molecule has 0 aliphatic rings. The van der Waals surface area contributed by atoms with Crippen LogP contribution in [0.1, 0.15) is 12.0 Å². The van der Waals surface area contributed by atoms with Crippen LogP contribution in [0, 0.1) is 12.3 Å². The normalized spacial score (nSPS) is 12.7. The Bertz CT molecular complexity index is 617. The van der Waals surface area contributed by atoms with E-state index in [2.05, 4.69) is 24.3 Å². The summed E-state index contributed by atoms with van der Waals surface area (Å²) >= 11 is 0. The Kier molecular flexibility index (Phi) is 5.92. The Labute approximate surface area is 131 Å². The lowest BCUT2D eigenvalue weighted by atomic mass is 9.90. The summed E-state index contributed by atoms with van der Waals surface area (Å²) in [6, 6.07) is 14.4. The number of hydrogen-bond acceptors (Lipinski definition) is 3. The first-order valence-electron chi connectivity index (χ1n) is 7.30. The molecular formula is C18H22NO3. The fourth-order valence-corrected chi connectivity index (χ4v) is 2.73. The standard InChI is InChI=1S/C18H22NO3/c1-21-18(22-2)12-13(11-17(19)20)10-15-8-5-7-14-6-3-4-9-16(14)15/h3-9,11,13,18H,10,12H2,1-2H3,(H2,19,20). The van der Waals surface area contributed by atoms with Crippen LogP contribution < -0.4 is 5.73 Å². The molecule has 1 unspecified atom stereocenters. The van der Waals surface area contributed by atoms with Crippen LogP contribution in [0.5, 0.6) is 0 Å². The summed E-state index contributed by atoms with van der Waals surface area (Å²) in [5.74, 6) is -0.454. The molecule has 4 heteroatoms. The average molecular weight is 300 g/mol. The maximum atomic E-state index is 11.3. The lowest BCUT2D eigenvalue weighted by Crippen LogP contribution is -2.25. The second-order valence-electron chi connectivity index (χ2n) is 5.31. The molecule has 0 heterocycles. The molecular weight excluding hydrogens is 278 g/mol. The molecule has 0 aliphatic heterocycles. The Morgan fingerprint density at radius 1 is 1.14 bits per heavy atom. The average Bonchev–Trinajstić information content (AvgIpc) is 2.52. The third kappa shape index (κ3) is 4.29. The van der Waals surface area contributed by atoms with Crippen molar-refractivity contribution in [1.29, 1.82) is 0 Å². The minimum Gasteiger partial charge on any atom is -0.369 e. The SMILES string of the molecule is COC(CC([CH]C(N)=O)Cc1cccc2ccccc12)OC. The van der Waals surface area contributed by atoms with Gasteiger partial charge in [-0.3, -0.25) is 4.79 Å². The fourth-order valence-electron chi connectivity index (χ4n) is 2.73. The van der Waals surface area contributed by atoms with Gasteiger partial charge in [0, 0.05) is 20.6 Å². The zero-order valence-corrected chi connectivity index (χ0v) is 13.0. The number of amides is 1. The van der Waals surface area contributed by atoms with Crippen LogP contribution in [0.2, 0.25) is 0 Å². The predicted octanol–water partition coefficient (Wildman–Crippen LogP) is 2.70. The highest BCUT2D eigenvalue weighted by Crippen LogP contribution is 2.24. The summed E-state index contributed by atoms with van der Waals surface area (Å²) in [6.07, 6.45) is 2.50. The van der Waals surface area contributed by atoms with E-state index in [4.69, 9.17) is 15.2 Å². The molecule has 117 valence electrons. The summed E-state index contributed by atoms with van der Waals surface area (Å²) in [4.78, 5) is 11.3. The van der Waals surface area contributed by atoms with Gasteiger partial charge in [0.1, 0.15) is 0 Å². The van der Waals surface area contributed by atoms with Crippen LogP contribution in [-0.4, -0.2) is 26.4 Å². The maximum absolute atomic E-state index is 11.3. The monoisotopic (exact) mass is 300 g/mol. The molecule has 2 N–H and O–H groups in total. The highest BCUT2D eigenvalue weighted by atomic mass is 16.7. The third-order valence-electron chi connectivity index (χ3n) is 3.78. The van der Waals surface area contributed by atoms with Crippen molar-refractivity contribution in [2.75, 3.05) is 14.2 Å². The van der Waals surface area contributed by atoms with Crippen molar-refractivity contribution in [3.63, 3.8) is 0 Å². The molecule has 2 aromatic carbocycles. The van der Waals surface area contributed by atoms with Crippen molar-refractivity contribution in [2.24, 2.45) is 11.7 Å². The number of primary amides is 1. The quantitative estimate of drug-likeness (QED) is 0.762. The van der Waals surface area contributed by atoms with Crippen LogP contribution >= 0.6 is 0 Å². The Hall–Kier alpha value is -1.91. The predicted molar refractivity (Wildman–Crippen MR) is 87.1 cm³/mol. The Morgan fingerprint density at radius 2 is 1.82 bits per heavy atom. The minimum atomic E-state index is -0.420. The van der Waals surface area contributed by atoms with Gasteiger partial charge in [-0.1, -0.05) is 42.5 Å². The van der Waals surface area contributed by atoms with Gasteiger partial charge in [-0.25, -0.2) is 0 Å². The number of carbonyl (C=O) groups excluding carboxylic acids is 1. The van der Waals surface area contributed by atoms with Gasteiger partial charge in [-0.15, -0.1) is 0 Å². The van der Waals surface area contributed by atoms with E-state index in [-0.39, 0.29) is 12.2 Å². The number of carbonyl (C=O) groups is 1. The largest absolute Gasteiger partial charge is 0.369 e. The second-order valence-corrected chi connectivity index (χ2v) is 5.31. The summed E-state index contributed by atoms with van der Waals surface area (Å²) in [7, 11) is 3.18. The smallest absolute Gasteiger partial charge is 0.221 e. The van der Waals surface area contributed by atoms with Crippen LogP contribution in [0.4, 0.5) is 0 Å². The van der Waals surface area contributed by atoms with Crippen molar-refractivity contribution >= 4 is 16.7 Å². The first-order chi connectivity index (χ1) is 10.6. The van der Waals surface area contributed by atoms with E-state index in [0.717, 1.165) is 0 Å². The van der Waals surface area contributed by atoms with E-state index in [9.17, 15) is 4.79 Å². The van der Waals surface area contributed by atoms with Gasteiger partial charge in [-0.05, 0) is 28.7 Å². The number of hydrogen-bond donors (Lipinski definition) is 1. The molecule has 0 saturated carbocycles. The number of rotatable bonds is 8. The zero-order chi connectivity index (χ0) is 15.9. The van der Waals surface area contributed by atoms with E-state index in [0.29, 0.717) is 12.8 Å². The number of benzene rings is 2. The van der Waals surface area contributed by atoms with Gasteiger partial charge in [-0.2, -0.15) is 0 Å². The summed E-state index contributed by atoms with van der Waals surface area (Å²) in [5, 5.41) is 2.38. The Balaban J connectivity index is 2.22. The van der Waals surface area contributed by atoms with Crippen molar-refractivity contribution < 1.29 is 14.3 Å². The number of nitrogens with two attached hydrogens (primary N) is 1. The summed E-state index contributed by atoms with van der Waals surface area (Å²) in [5.41, 5.74) is 6.53. The van der Waals surface area contributed by atoms with Gasteiger partial charge in [0.15, 0.2) is 6.29 Å². The topological polar surface area (TPSA) is 61.5 Å². The van der Waals surface area contributed by atoms with Gasteiger partial charge in [0.2, 0.25) is 5.91 Å². The highest BCUT2D eigenvalue weighted by Gasteiger charge is 2.19. The fraction of sp³-hybridized carbons (Fsp3) is 0.333. The van der Waals surface area contributed by atoms with Gasteiger partial charge in [0.05, 0.1) is 6.42 Å². The first-order valence-corrected chi connectivity index (χ1v) is 7.30. The second kappa shape index (κ2) is 7.92. The third-order valence-corrected chi connectivity index (χ3v) is 3.78. The molecule has 1 atom stereocenters. The van der Waals surface area contributed by atoms with Crippen molar-refractivity contribution in [3.05, 3.63) is 54.4 Å². The van der Waals surface area contributed by atoms with Gasteiger partial charge < -0.3 is 15.2 Å². The molecule has 2 rings (SSSR count). The van der Waals surface area contributed by atoms with Gasteiger partial charge in [0.25, 0.3) is 0 Å². The Morgan fingerprint density at radius 3 is 2.50 bits per heavy atom. The molecule has 0 aliphatic carbocycles. The molecule has 0 bridgehead atoms. The van der Waals surface area contributed by atoms with E-state index in [1.807, 2.05) is 18.2 Å². The number of methoxy groups -OCH3 is 2. The first kappa shape index (κ1) is 16.5. The van der Waals surface area contributed by atoms with E-state index >= 15 is 0 Å². The van der Waals surface area contributed by atoms with Crippen LogP contribution in [0.25, 0.3) is 10.8 Å². The lowest BCUT2D eigenvalue weighted by molar-refractivity contribution is -0.119. The summed E-state index contributed by atoms with van der Waals surface area (Å²) < 4.78 is 10.5. The molecule has 0 fully saturated rings. The molecule has 0 spiro atoms. The molecule has 0 aromatic heterocycles. The van der Waals surface area contributed by atoms with Crippen LogP contribution in [0.3, 0.4) is 0 Å². The van der Waals surface area contributed by atoms with E-state index < -0.39 is 5.91 Å². The highest BCUT2D eigenvalue weighted by molar-refractivity contribution is 5.86. The van der Waals surface area contributed by atoms with Crippen molar-refractivity contribution in [2.45, 2.75) is 19.1 Å². The van der Waals surface area contributed by atoms with E-state index in [1.54, 1.807) is 20.6 Å². The number of fused-ring (bicyclic) bond motifs is 1. The van der Waals surface area contributed by atoms with Crippen LogP contribution in [0.15, 0.2) is 42.5 Å². The van der Waals surface area contributed by atoms with Crippen molar-refractivity contribution in [1.82, 2.24) is 0 Å². The molecule has 2 aromatic rings. The van der Waals surface area contributed by atoms with Gasteiger partial charge >= 0.3 is 0 Å².